The zero-order valence-electron chi connectivity index (χ0n) is 11.3. The smallest absolute Gasteiger partial charge is 0.0832 e. The molecule has 1 heterocycles. The average Bonchev–Trinajstić information content (AvgIpc) is 2.39. The molecule has 0 atom stereocenters. The van der Waals surface area contributed by atoms with Crippen molar-refractivity contribution < 1.29 is 0 Å². The summed E-state index contributed by atoms with van der Waals surface area (Å²) in [4.78, 5) is 0. The molecular weight excluding hydrogens is 256 g/mol. The van der Waals surface area contributed by atoms with Gasteiger partial charge in [0.15, 0.2) is 0 Å². The Morgan fingerprint density at radius 1 is 1.22 bits per heavy atom. The molecule has 1 aliphatic heterocycles. The maximum atomic E-state index is 5.40. The molecule has 96 valence electrons. The first-order valence-electron chi connectivity index (χ1n) is 6.40. The van der Waals surface area contributed by atoms with Crippen LogP contribution < -0.4 is 0 Å². The molecule has 0 saturated carbocycles. The molecular formula is C16H20S2. The normalized spacial score (nSPS) is 28.1. The van der Waals surface area contributed by atoms with Crippen LogP contribution in [0.5, 0.6) is 0 Å². The summed E-state index contributed by atoms with van der Waals surface area (Å²) in [5.74, 6) is 6.84. The van der Waals surface area contributed by atoms with Crippen LogP contribution in [0.1, 0.15) is 31.9 Å². The molecule has 1 aromatic carbocycles. The van der Waals surface area contributed by atoms with Crippen LogP contribution in [-0.4, -0.2) is 11.5 Å². The van der Waals surface area contributed by atoms with Crippen molar-refractivity contribution in [3.63, 3.8) is 0 Å². The molecule has 1 saturated heterocycles. The molecule has 2 rings (SSSR count). The van der Waals surface area contributed by atoms with Crippen molar-refractivity contribution in [3.05, 3.63) is 35.4 Å². The number of terminal acetylenes is 1. The van der Waals surface area contributed by atoms with Crippen LogP contribution in [0.2, 0.25) is 0 Å². The van der Waals surface area contributed by atoms with Gasteiger partial charge in [-0.15, -0.1) is 29.9 Å². The lowest BCUT2D eigenvalue weighted by molar-refractivity contribution is 0.468. The summed E-state index contributed by atoms with van der Waals surface area (Å²) in [6.07, 6.45) is 5.40. The van der Waals surface area contributed by atoms with Crippen LogP contribution >= 0.6 is 23.5 Å². The van der Waals surface area contributed by atoms with Crippen molar-refractivity contribution in [3.8, 4) is 12.3 Å². The SMILES string of the molecule is C#Cc1ccc(C2(C)SCC(C(C)C)CS2)cc1. The summed E-state index contributed by atoms with van der Waals surface area (Å²) in [5.41, 5.74) is 2.35. The van der Waals surface area contributed by atoms with Crippen LogP contribution in [0.3, 0.4) is 0 Å². The van der Waals surface area contributed by atoms with Crippen LogP contribution in [0.4, 0.5) is 0 Å². The predicted octanol–water partition coefficient (Wildman–Crippen LogP) is 4.59. The Hall–Kier alpha value is -0.520. The molecule has 0 aliphatic carbocycles. The standard InChI is InChI=1S/C16H20S2/c1-5-13-6-8-15(9-7-13)16(4)17-10-14(11-18-16)12(2)3/h1,6-9,12,14H,10-11H2,2-4H3. The van der Waals surface area contributed by atoms with E-state index in [9.17, 15) is 0 Å². The van der Waals surface area contributed by atoms with Crippen molar-refractivity contribution in [2.45, 2.75) is 24.9 Å². The van der Waals surface area contributed by atoms with Crippen molar-refractivity contribution in [1.29, 1.82) is 0 Å². The number of benzene rings is 1. The molecule has 0 spiro atoms. The lowest BCUT2D eigenvalue weighted by atomic mass is 10.0. The first-order chi connectivity index (χ1) is 8.55. The van der Waals surface area contributed by atoms with E-state index in [1.54, 1.807) is 0 Å². The van der Waals surface area contributed by atoms with Gasteiger partial charge in [0.2, 0.25) is 0 Å². The number of hydrogen-bond acceptors (Lipinski definition) is 2. The van der Waals surface area contributed by atoms with Crippen LogP contribution in [0.15, 0.2) is 24.3 Å². The maximum absolute atomic E-state index is 5.40. The highest BCUT2D eigenvalue weighted by Gasteiger charge is 2.34. The maximum Gasteiger partial charge on any atom is 0.0832 e. The number of hydrogen-bond donors (Lipinski definition) is 0. The summed E-state index contributed by atoms with van der Waals surface area (Å²) in [6, 6.07) is 8.47. The van der Waals surface area contributed by atoms with Gasteiger partial charge in [-0.05, 0) is 48.0 Å². The van der Waals surface area contributed by atoms with Gasteiger partial charge in [0, 0.05) is 5.56 Å². The third-order valence-electron chi connectivity index (χ3n) is 3.66. The second-order valence-electron chi connectivity index (χ2n) is 5.29. The van der Waals surface area contributed by atoms with Crippen molar-refractivity contribution in [1.82, 2.24) is 0 Å². The minimum atomic E-state index is 0.193. The summed E-state index contributed by atoms with van der Waals surface area (Å²) in [6.45, 7) is 7.00. The molecule has 1 fully saturated rings. The summed E-state index contributed by atoms with van der Waals surface area (Å²) in [5, 5.41) is 0. The molecule has 0 unspecified atom stereocenters. The van der Waals surface area contributed by atoms with E-state index in [1.165, 1.54) is 17.1 Å². The first-order valence-corrected chi connectivity index (χ1v) is 8.37. The molecule has 1 aliphatic rings. The molecule has 0 aromatic heterocycles. The quantitative estimate of drug-likeness (QED) is 0.724. The van der Waals surface area contributed by atoms with E-state index in [1.807, 2.05) is 0 Å². The minimum absolute atomic E-state index is 0.193. The highest BCUT2D eigenvalue weighted by atomic mass is 32.2. The third-order valence-corrected chi connectivity index (χ3v) is 7.13. The Labute approximate surface area is 119 Å². The van der Waals surface area contributed by atoms with E-state index in [4.69, 9.17) is 6.42 Å². The van der Waals surface area contributed by atoms with Crippen LogP contribution in [0.25, 0.3) is 0 Å². The highest BCUT2D eigenvalue weighted by Crippen LogP contribution is 2.52. The van der Waals surface area contributed by atoms with Crippen molar-refractivity contribution >= 4 is 23.5 Å². The minimum Gasteiger partial charge on any atom is -0.139 e. The fourth-order valence-electron chi connectivity index (χ4n) is 2.04. The summed E-state index contributed by atoms with van der Waals surface area (Å²) < 4.78 is 0.193. The summed E-state index contributed by atoms with van der Waals surface area (Å²) >= 11 is 4.16. The van der Waals surface area contributed by atoms with E-state index in [2.05, 4.69) is 74.5 Å². The van der Waals surface area contributed by atoms with E-state index in [0.29, 0.717) is 0 Å². The summed E-state index contributed by atoms with van der Waals surface area (Å²) in [7, 11) is 0. The lowest BCUT2D eigenvalue weighted by Crippen LogP contribution is -2.27. The Balaban J connectivity index is 2.11. The fourth-order valence-corrected chi connectivity index (χ4v) is 5.61. The van der Waals surface area contributed by atoms with Gasteiger partial charge in [0.1, 0.15) is 0 Å². The molecule has 0 bridgehead atoms. The van der Waals surface area contributed by atoms with Crippen LogP contribution in [0, 0.1) is 24.2 Å². The molecule has 0 nitrogen and oxygen atoms in total. The van der Waals surface area contributed by atoms with Gasteiger partial charge in [-0.25, -0.2) is 0 Å². The molecule has 2 heteroatoms. The van der Waals surface area contributed by atoms with Gasteiger partial charge in [-0.2, -0.15) is 0 Å². The molecule has 1 aromatic rings. The lowest BCUT2D eigenvalue weighted by Gasteiger charge is -2.38. The largest absolute Gasteiger partial charge is 0.139 e. The predicted molar refractivity (Wildman–Crippen MR) is 85.0 cm³/mol. The monoisotopic (exact) mass is 276 g/mol. The second kappa shape index (κ2) is 5.63. The van der Waals surface area contributed by atoms with E-state index >= 15 is 0 Å². The van der Waals surface area contributed by atoms with Gasteiger partial charge >= 0.3 is 0 Å². The molecule has 0 radical (unpaired) electrons. The van der Waals surface area contributed by atoms with E-state index < -0.39 is 0 Å². The molecule has 18 heavy (non-hydrogen) atoms. The van der Waals surface area contributed by atoms with Gasteiger partial charge in [-0.3, -0.25) is 0 Å². The zero-order chi connectivity index (χ0) is 13.2. The topological polar surface area (TPSA) is 0 Å². The van der Waals surface area contributed by atoms with Crippen LogP contribution in [-0.2, 0) is 4.08 Å². The van der Waals surface area contributed by atoms with Gasteiger partial charge in [0.25, 0.3) is 0 Å². The Morgan fingerprint density at radius 3 is 2.22 bits per heavy atom. The fraction of sp³-hybridized carbons (Fsp3) is 0.500. The second-order valence-corrected chi connectivity index (χ2v) is 8.43. The first kappa shape index (κ1) is 13.9. The highest BCUT2D eigenvalue weighted by molar-refractivity contribution is 8.18. The van der Waals surface area contributed by atoms with Crippen molar-refractivity contribution in [2.24, 2.45) is 11.8 Å². The third kappa shape index (κ3) is 2.90. The Kier molecular flexibility index (Phi) is 4.35. The van der Waals surface area contributed by atoms with Crippen molar-refractivity contribution in [2.75, 3.05) is 11.5 Å². The zero-order valence-corrected chi connectivity index (χ0v) is 12.9. The van der Waals surface area contributed by atoms with Gasteiger partial charge < -0.3 is 0 Å². The average molecular weight is 276 g/mol. The Bertz CT molecular complexity index is 431. The Morgan fingerprint density at radius 2 is 1.78 bits per heavy atom. The van der Waals surface area contributed by atoms with E-state index in [0.717, 1.165) is 17.4 Å². The van der Waals surface area contributed by atoms with Gasteiger partial charge in [0.05, 0.1) is 4.08 Å². The van der Waals surface area contributed by atoms with Gasteiger partial charge in [-0.1, -0.05) is 31.9 Å². The molecule has 0 N–H and O–H groups in total. The molecule has 0 amide bonds. The van der Waals surface area contributed by atoms with E-state index in [-0.39, 0.29) is 4.08 Å². The number of thioether (sulfide) groups is 2. The number of rotatable bonds is 2.